The molecule has 2 aromatic rings. The van der Waals surface area contributed by atoms with Crippen LogP contribution in [0.1, 0.15) is 43.9 Å². The van der Waals surface area contributed by atoms with Gasteiger partial charge in [0.25, 0.3) is 0 Å². The molecule has 7 nitrogen and oxygen atoms in total. The lowest BCUT2D eigenvalue weighted by atomic mass is 9.88. The van der Waals surface area contributed by atoms with E-state index < -0.39 is 39.6 Å². The number of benzene rings is 2. The van der Waals surface area contributed by atoms with Crippen molar-refractivity contribution in [2.75, 3.05) is 6.61 Å². The second kappa shape index (κ2) is 9.93. The first-order chi connectivity index (χ1) is 15.5. The molecule has 3 rings (SSSR count). The standard InChI is InChI=1S/C23H24ClFN2O5S/c1-4-32-22(28)20-19(12-33(30,31)16-9-10-18(25)17(24)11-16)26-23(29)27-21(20)15-7-5-14(6-8-15)13(2)3/h5-13,20-21H,4H2,1-3H3,(H2,26,27,29)/b19-12+/t20-,21-/m0/s1. The largest absolute Gasteiger partial charge is 0.465 e. The zero-order chi connectivity index (χ0) is 24.3. The molecule has 0 bridgehead atoms. The normalized spacial score (nSPS) is 19.8. The Morgan fingerprint density at radius 1 is 1.21 bits per heavy atom. The predicted octanol–water partition coefficient (Wildman–Crippen LogP) is 4.45. The monoisotopic (exact) mass is 494 g/mol. The van der Waals surface area contributed by atoms with E-state index in [1.165, 1.54) is 0 Å². The molecule has 176 valence electrons. The van der Waals surface area contributed by atoms with Crippen LogP contribution in [0.5, 0.6) is 0 Å². The number of hydrogen-bond acceptors (Lipinski definition) is 5. The van der Waals surface area contributed by atoms with Crippen LogP contribution in [0.3, 0.4) is 0 Å². The molecule has 0 aromatic heterocycles. The van der Waals surface area contributed by atoms with Crippen molar-refractivity contribution in [3.8, 4) is 0 Å². The van der Waals surface area contributed by atoms with Gasteiger partial charge in [0.1, 0.15) is 11.7 Å². The summed E-state index contributed by atoms with van der Waals surface area (Å²) >= 11 is 5.73. The van der Waals surface area contributed by atoms with Crippen molar-refractivity contribution in [1.82, 2.24) is 10.6 Å². The van der Waals surface area contributed by atoms with Gasteiger partial charge >= 0.3 is 12.0 Å². The van der Waals surface area contributed by atoms with Gasteiger partial charge in [-0.3, -0.25) is 4.79 Å². The summed E-state index contributed by atoms with van der Waals surface area (Å²) in [7, 11) is -4.19. The third-order valence-electron chi connectivity index (χ3n) is 5.22. The van der Waals surface area contributed by atoms with Gasteiger partial charge in [-0.05, 0) is 42.2 Å². The number of halogens is 2. The molecule has 0 unspecified atom stereocenters. The van der Waals surface area contributed by atoms with Gasteiger partial charge in [-0.2, -0.15) is 0 Å². The van der Waals surface area contributed by atoms with E-state index in [4.69, 9.17) is 16.3 Å². The molecule has 10 heteroatoms. The summed E-state index contributed by atoms with van der Waals surface area (Å²) in [6.07, 6.45) is 0. The molecule has 33 heavy (non-hydrogen) atoms. The van der Waals surface area contributed by atoms with Crippen LogP contribution < -0.4 is 10.6 Å². The van der Waals surface area contributed by atoms with Gasteiger partial charge in [0.2, 0.25) is 9.84 Å². The van der Waals surface area contributed by atoms with E-state index >= 15 is 0 Å². The molecule has 1 heterocycles. The van der Waals surface area contributed by atoms with Crippen molar-refractivity contribution >= 4 is 33.4 Å². The highest BCUT2D eigenvalue weighted by atomic mass is 35.5. The summed E-state index contributed by atoms with van der Waals surface area (Å²) in [5.74, 6) is -2.35. The fourth-order valence-electron chi connectivity index (χ4n) is 3.50. The zero-order valence-corrected chi connectivity index (χ0v) is 19.8. The summed E-state index contributed by atoms with van der Waals surface area (Å²) in [5, 5.41) is 5.51. The van der Waals surface area contributed by atoms with Crippen molar-refractivity contribution < 1.29 is 27.1 Å². The summed E-state index contributed by atoms with van der Waals surface area (Å²) in [6.45, 7) is 5.77. The van der Waals surface area contributed by atoms with Crippen LogP contribution >= 0.6 is 11.6 Å². The molecule has 0 radical (unpaired) electrons. The van der Waals surface area contributed by atoms with Gasteiger partial charge in [-0.15, -0.1) is 0 Å². The SMILES string of the molecule is CCOC(=O)[C@H]1/C(=C\S(=O)(=O)c2ccc(F)c(Cl)c2)NC(=O)N[C@H]1c1ccc(C(C)C)cc1. The molecule has 2 atom stereocenters. The van der Waals surface area contributed by atoms with Crippen LogP contribution in [-0.2, 0) is 19.4 Å². The molecule has 1 fully saturated rings. The molecule has 2 aromatic carbocycles. The van der Waals surface area contributed by atoms with Crippen molar-refractivity contribution in [3.63, 3.8) is 0 Å². The number of amides is 2. The quantitative estimate of drug-likeness (QED) is 0.456. The molecular formula is C23H24ClFN2O5S. The van der Waals surface area contributed by atoms with Crippen LogP contribution in [0.15, 0.2) is 58.5 Å². The van der Waals surface area contributed by atoms with E-state index in [9.17, 15) is 22.4 Å². The third-order valence-corrected chi connectivity index (χ3v) is 6.98. The number of carbonyl (C=O) groups is 2. The predicted molar refractivity (Wildman–Crippen MR) is 122 cm³/mol. The average Bonchev–Trinajstić information content (AvgIpc) is 2.75. The Kier molecular flexibility index (Phi) is 7.44. The fourth-order valence-corrected chi connectivity index (χ4v) is 4.96. The maximum absolute atomic E-state index is 13.5. The Morgan fingerprint density at radius 2 is 1.88 bits per heavy atom. The highest BCUT2D eigenvalue weighted by Crippen LogP contribution is 2.33. The van der Waals surface area contributed by atoms with Crippen LogP contribution in [0.4, 0.5) is 9.18 Å². The average molecular weight is 495 g/mol. The van der Waals surface area contributed by atoms with Crippen molar-refractivity contribution in [2.45, 2.75) is 37.6 Å². The molecule has 0 saturated carbocycles. The first kappa shape index (κ1) is 24.7. The molecule has 0 spiro atoms. The van der Waals surface area contributed by atoms with Gasteiger partial charge in [0.15, 0.2) is 0 Å². The number of ether oxygens (including phenoxy) is 1. The first-order valence-corrected chi connectivity index (χ1v) is 12.2. The third kappa shape index (κ3) is 5.54. The van der Waals surface area contributed by atoms with Crippen LogP contribution in [0.2, 0.25) is 5.02 Å². The lowest BCUT2D eigenvalue weighted by Crippen LogP contribution is -2.51. The number of esters is 1. The Balaban J connectivity index is 2.08. The van der Waals surface area contributed by atoms with Gasteiger partial charge in [0, 0.05) is 5.70 Å². The van der Waals surface area contributed by atoms with E-state index in [-0.39, 0.29) is 28.1 Å². The maximum Gasteiger partial charge on any atom is 0.319 e. The lowest BCUT2D eigenvalue weighted by molar-refractivity contribution is -0.147. The van der Waals surface area contributed by atoms with Crippen LogP contribution in [-0.4, -0.2) is 27.0 Å². The minimum Gasteiger partial charge on any atom is -0.465 e. The highest BCUT2D eigenvalue weighted by molar-refractivity contribution is 7.94. The summed E-state index contributed by atoms with van der Waals surface area (Å²) in [4.78, 5) is 25.0. The van der Waals surface area contributed by atoms with E-state index in [0.717, 1.165) is 29.2 Å². The molecule has 1 saturated heterocycles. The van der Waals surface area contributed by atoms with Gasteiger partial charge in [-0.1, -0.05) is 49.7 Å². The van der Waals surface area contributed by atoms with E-state index in [0.29, 0.717) is 5.56 Å². The topological polar surface area (TPSA) is 102 Å². The highest BCUT2D eigenvalue weighted by Gasteiger charge is 2.40. The first-order valence-electron chi connectivity index (χ1n) is 10.3. The molecule has 2 N–H and O–H groups in total. The minimum atomic E-state index is -4.19. The molecule has 1 aliphatic rings. The smallest absolute Gasteiger partial charge is 0.319 e. The summed E-state index contributed by atoms with van der Waals surface area (Å²) in [5.41, 5.74) is 1.52. The Bertz CT molecular complexity index is 1200. The number of hydrogen-bond donors (Lipinski definition) is 2. The Labute approximate surface area is 196 Å². The molecule has 0 aliphatic carbocycles. The summed E-state index contributed by atoms with van der Waals surface area (Å²) in [6, 6.07) is 8.74. The molecule has 1 aliphatic heterocycles. The van der Waals surface area contributed by atoms with E-state index in [1.54, 1.807) is 19.1 Å². The Morgan fingerprint density at radius 3 is 2.45 bits per heavy atom. The second-order valence-corrected chi connectivity index (χ2v) is 10.0. The number of carbonyl (C=O) groups excluding carboxylic acids is 2. The van der Waals surface area contributed by atoms with Crippen molar-refractivity contribution in [3.05, 3.63) is 75.5 Å². The fraction of sp³-hybridized carbons (Fsp3) is 0.304. The number of sulfone groups is 1. The van der Waals surface area contributed by atoms with Crippen molar-refractivity contribution in [1.29, 1.82) is 0 Å². The number of urea groups is 1. The summed E-state index contributed by atoms with van der Waals surface area (Å²) < 4.78 is 44.6. The second-order valence-electron chi connectivity index (χ2n) is 7.82. The zero-order valence-electron chi connectivity index (χ0n) is 18.3. The minimum absolute atomic E-state index is 0.0654. The lowest BCUT2D eigenvalue weighted by Gasteiger charge is -2.33. The van der Waals surface area contributed by atoms with Crippen LogP contribution in [0, 0.1) is 11.7 Å². The van der Waals surface area contributed by atoms with Gasteiger partial charge < -0.3 is 15.4 Å². The van der Waals surface area contributed by atoms with E-state index in [1.807, 2.05) is 26.0 Å². The molecule has 2 amide bonds. The van der Waals surface area contributed by atoms with Crippen molar-refractivity contribution in [2.24, 2.45) is 5.92 Å². The maximum atomic E-state index is 13.5. The van der Waals surface area contributed by atoms with Gasteiger partial charge in [-0.25, -0.2) is 17.6 Å². The molecular weight excluding hydrogens is 471 g/mol. The Hall–Kier alpha value is -2.91. The van der Waals surface area contributed by atoms with E-state index in [2.05, 4.69) is 10.6 Å². The number of nitrogens with one attached hydrogen (secondary N) is 2. The number of rotatable bonds is 6. The van der Waals surface area contributed by atoms with Crippen LogP contribution in [0.25, 0.3) is 0 Å². The van der Waals surface area contributed by atoms with Gasteiger partial charge in [0.05, 0.1) is 28.0 Å².